The Morgan fingerprint density at radius 2 is 1.84 bits per heavy atom. The van der Waals surface area contributed by atoms with Crippen molar-refractivity contribution >= 4 is 28.4 Å². The van der Waals surface area contributed by atoms with E-state index in [2.05, 4.69) is 10.6 Å². The molecule has 3 aromatic rings. The molecule has 1 heterocycles. The molecule has 0 unspecified atom stereocenters. The lowest BCUT2D eigenvalue weighted by atomic mass is 10.1. The van der Waals surface area contributed by atoms with E-state index >= 15 is 0 Å². The van der Waals surface area contributed by atoms with Crippen LogP contribution in [-0.4, -0.2) is 25.5 Å². The van der Waals surface area contributed by atoms with E-state index in [9.17, 15) is 9.59 Å². The van der Waals surface area contributed by atoms with E-state index in [0.29, 0.717) is 5.76 Å². The summed E-state index contributed by atoms with van der Waals surface area (Å²) in [5.41, 5.74) is 0.907. The van der Waals surface area contributed by atoms with Gasteiger partial charge in [0.05, 0.1) is 19.4 Å². The number of nitrogens with one attached hydrogen (secondary N) is 2. The van der Waals surface area contributed by atoms with Gasteiger partial charge in [-0.1, -0.05) is 30.3 Å². The zero-order chi connectivity index (χ0) is 17.6. The molecule has 2 N–H and O–H groups in total. The van der Waals surface area contributed by atoms with Crippen LogP contribution >= 0.6 is 0 Å². The SMILES string of the molecule is CN(CC(=O)NC(=O)NCc1ccco1)c1ccc2ccccc2c1. The molecular formula is C19H19N3O3. The van der Waals surface area contributed by atoms with Gasteiger partial charge < -0.3 is 14.6 Å². The number of imide groups is 1. The van der Waals surface area contributed by atoms with Crippen molar-refractivity contribution in [2.45, 2.75) is 6.54 Å². The number of furan rings is 1. The third-order valence-electron chi connectivity index (χ3n) is 3.81. The average Bonchev–Trinajstić information content (AvgIpc) is 3.13. The molecule has 0 atom stereocenters. The van der Waals surface area contributed by atoms with Crippen molar-refractivity contribution in [3.63, 3.8) is 0 Å². The maximum Gasteiger partial charge on any atom is 0.321 e. The first-order valence-corrected chi connectivity index (χ1v) is 7.92. The Labute approximate surface area is 145 Å². The molecule has 0 aliphatic rings. The molecular weight excluding hydrogens is 318 g/mol. The molecule has 0 saturated heterocycles. The van der Waals surface area contributed by atoms with Gasteiger partial charge in [0, 0.05) is 12.7 Å². The van der Waals surface area contributed by atoms with E-state index in [1.54, 1.807) is 17.0 Å². The fourth-order valence-corrected chi connectivity index (χ4v) is 2.51. The fraction of sp³-hybridized carbons (Fsp3) is 0.158. The van der Waals surface area contributed by atoms with E-state index in [1.807, 2.05) is 49.5 Å². The fourth-order valence-electron chi connectivity index (χ4n) is 2.51. The Morgan fingerprint density at radius 3 is 2.60 bits per heavy atom. The highest BCUT2D eigenvalue weighted by molar-refractivity contribution is 5.96. The Kier molecular flexibility index (Phi) is 4.99. The predicted molar refractivity (Wildman–Crippen MR) is 96.3 cm³/mol. The van der Waals surface area contributed by atoms with Crippen molar-refractivity contribution in [2.75, 3.05) is 18.5 Å². The van der Waals surface area contributed by atoms with Gasteiger partial charge in [0.2, 0.25) is 5.91 Å². The van der Waals surface area contributed by atoms with Gasteiger partial charge in [0.25, 0.3) is 0 Å². The molecule has 0 radical (unpaired) electrons. The van der Waals surface area contributed by atoms with Gasteiger partial charge in [-0.15, -0.1) is 0 Å². The van der Waals surface area contributed by atoms with Crippen LogP contribution in [-0.2, 0) is 11.3 Å². The molecule has 0 bridgehead atoms. The van der Waals surface area contributed by atoms with Gasteiger partial charge in [-0.2, -0.15) is 0 Å². The second-order valence-corrected chi connectivity index (χ2v) is 5.70. The first kappa shape index (κ1) is 16.6. The van der Waals surface area contributed by atoms with Crippen LogP contribution in [0.4, 0.5) is 10.5 Å². The molecule has 3 amide bonds. The van der Waals surface area contributed by atoms with Crippen LogP contribution in [0.3, 0.4) is 0 Å². The van der Waals surface area contributed by atoms with Crippen LogP contribution in [0, 0.1) is 0 Å². The Balaban J connectivity index is 1.53. The summed E-state index contributed by atoms with van der Waals surface area (Å²) in [5.74, 6) is 0.239. The lowest BCUT2D eigenvalue weighted by Gasteiger charge is -2.19. The number of benzene rings is 2. The molecule has 0 spiro atoms. The zero-order valence-electron chi connectivity index (χ0n) is 13.9. The van der Waals surface area contributed by atoms with Crippen molar-refractivity contribution < 1.29 is 14.0 Å². The van der Waals surface area contributed by atoms with Crippen molar-refractivity contribution in [3.8, 4) is 0 Å². The molecule has 0 fully saturated rings. The Hall–Kier alpha value is -3.28. The summed E-state index contributed by atoms with van der Waals surface area (Å²) in [5, 5.41) is 7.12. The first-order chi connectivity index (χ1) is 12.1. The van der Waals surface area contributed by atoms with Crippen LogP contribution < -0.4 is 15.5 Å². The second-order valence-electron chi connectivity index (χ2n) is 5.70. The van der Waals surface area contributed by atoms with Gasteiger partial charge in [-0.05, 0) is 35.0 Å². The average molecular weight is 337 g/mol. The minimum Gasteiger partial charge on any atom is -0.467 e. The monoisotopic (exact) mass is 337 g/mol. The summed E-state index contributed by atoms with van der Waals surface area (Å²) < 4.78 is 5.11. The number of urea groups is 1. The normalized spacial score (nSPS) is 10.4. The van der Waals surface area contributed by atoms with Gasteiger partial charge in [-0.3, -0.25) is 10.1 Å². The van der Waals surface area contributed by atoms with Gasteiger partial charge in [-0.25, -0.2) is 4.79 Å². The Morgan fingerprint density at radius 1 is 1.04 bits per heavy atom. The summed E-state index contributed by atoms with van der Waals surface area (Å²) in [6, 6.07) is 16.9. The quantitative estimate of drug-likeness (QED) is 0.751. The number of carbonyl (C=O) groups excluding carboxylic acids is 2. The van der Waals surface area contributed by atoms with Crippen LogP contribution in [0.25, 0.3) is 10.8 Å². The van der Waals surface area contributed by atoms with E-state index in [4.69, 9.17) is 4.42 Å². The number of fused-ring (bicyclic) bond motifs is 1. The van der Waals surface area contributed by atoms with E-state index in [-0.39, 0.29) is 19.0 Å². The predicted octanol–water partition coefficient (Wildman–Crippen LogP) is 2.90. The maximum atomic E-state index is 12.0. The number of carbonyl (C=O) groups is 2. The standard InChI is InChI=1S/C19H19N3O3/c1-22(16-9-8-14-5-2-3-6-15(14)11-16)13-18(23)21-19(24)20-12-17-7-4-10-25-17/h2-11H,12-13H2,1H3,(H2,20,21,23,24). The molecule has 2 aromatic carbocycles. The van der Waals surface area contributed by atoms with Crippen molar-refractivity contribution in [3.05, 3.63) is 66.6 Å². The molecule has 6 nitrogen and oxygen atoms in total. The Bertz CT molecular complexity index is 875. The number of nitrogens with zero attached hydrogens (tertiary/aromatic N) is 1. The molecule has 0 saturated carbocycles. The number of anilines is 1. The van der Waals surface area contributed by atoms with Crippen molar-refractivity contribution in [1.29, 1.82) is 0 Å². The summed E-state index contributed by atoms with van der Waals surface area (Å²) in [6.07, 6.45) is 1.53. The van der Waals surface area contributed by atoms with E-state index in [1.165, 1.54) is 6.26 Å². The minimum atomic E-state index is -0.548. The van der Waals surface area contributed by atoms with E-state index in [0.717, 1.165) is 16.5 Å². The summed E-state index contributed by atoms with van der Waals surface area (Å²) >= 11 is 0. The van der Waals surface area contributed by atoms with E-state index < -0.39 is 6.03 Å². The van der Waals surface area contributed by atoms with Gasteiger partial charge >= 0.3 is 6.03 Å². The number of likely N-dealkylation sites (N-methyl/N-ethyl adjacent to an activating group) is 1. The second kappa shape index (κ2) is 7.53. The first-order valence-electron chi connectivity index (χ1n) is 7.92. The number of rotatable bonds is 5. The number of hydrogen-bond acceptors (Lipinski definition) is 4. The molecule has 1 aromatic heterocycles. The van der Waals surface area contributed by atoms with Gasteiger partial charge in [0.15, 0.2) is 0 Å². The molecule has 128 valence electrons. The third kappa shape index (κ3) is 4.38. The van der Waals surface area contributed by atoms with Crippen molar-refractivity contribution in [2.24, 2.45) is 0 Å². The van der Waals surface area contributed by atoms with Crippen LogP contribution in [0.5, 0.6) is 0 Å². The summed E-state index contributed by atoms with van der Waals surface area (Å²) in [6.45, 7) is 0.305. The molecule has 0 aliphatic heterocycles. The van der Waals surface area contributed by atoms with Crippen LogP contribution in [0.15, 0.2) is 65.3 Å². The zero-order valence-corrected chi connectivity index (χ0v) is 13.9. The minimum absolute atomic E-state index is 0.0759. The highest BCUT2D eigenvalue weighted by Gasteiger charge is 2.11. The van der Waals surface area contributed by atoms with Crippen molar-refractivity contribution in [1.82, 2.24) is 10.6 Å². The van der Waals surface area contributed by atoms with Gasteiger partial charge in [0.1, 0.15) is 5.76 Å². The number of amides is 3. The summed E-state index contributed by atoms with van der Waals surface area (Å²) in [7, 11) is 1.81. The smallest absolute Gasteiger partial charge is 0.321 e. The molecule has 6 heteroatoms. The van der Waals surface area contributed by atoms with Crippen LogP contribution in [0.2, 0.25) is 0 Å². The lowest BCUT2D eigenvalue weighted by molar-refractivity contribution is -0.118. The molecule has 3 rings (SSSR count). The maximum absolute atomic E-state index is 12.0. The highest BCUT2D eigenvalue weighted by Crippen LogP contribution is 2.21. The number of hydrogen-bond donors (Lipinski definition) is 2. The highest BCUT2D eigenvalue weighted by atomic mass is 16.3. The third-order valence-corrected chi connectivity index (χ3v) is 3.81. The lowest BCUT2D eigenvalue weighted by Crippen LogP contribution is -2.43. The molecule has 25 heavy (non-hydrogen) atoms. The van der Waals surface area contributed by atoms with Crippen LogP contribution in [0.1, 0.15) is 5.76 Å². The topological polar surface area (TPSA) is 74.6 Å². The largest absolute Gasteiger partial charge is 0.467 e. The molecule has 0 aliphatic carbocycles. The summed E-state index contributed by atoms with van der Waals surface area (Å²) in [4.78, 5) is 25.6.